The van der Waals surface area contributed by atoms with Gasteiger partial charge in [0.2, 0.25) is 0 Å². The Morgan fingerprint density at radius 3 is 2.88 bits per heavy atom. The van der Waals surface area contributed by atoms with Crippen LogP contribution in [0, 0.1) is 11.7 Å². The first-order valence-corrected chi connectivity index (χ1v) is 6.07. The molecule has 0 radical (unpaired) electrons. The molecule has 0 amide bonds. The average molecular weight is 259 g/mol. The van der Waals surface area contributed by atoms with E-state index in [4.69, 9.17) is 11.6 Å². The number of halogens is 2. The van der Waals surface area contributed by atoms with Crippen molar-refractivity contribution in [1.29, 1.82) is 0 Å². The van der Waals surface area contributed by atoms with Crippen LogP contribution in [0.15, 0.2) is 18.2 Å². The molecule has 0 spiro atoms. The molecule has 2 atom stereocenters. The van der Waals surface area contributed by atoms with E-state index in [0.29, 0.717) is 24.7 Å². The normalized spacial score (nSPS) is 24.2. The van der Waals surface area contributed by atoms with Gasteiger partial charge in [0, 0.05) is 37.1 Å². The van der Waals surface area contributed by atoms with Crippen molar-refractivity contribution in [3.8, 4) is 0 Å². The standard InChI is InChI=1S/C12H16ClFN2O/c13-10-1-8(2-11(14)3-10)4-15-5-9-6-16-7-12(9)17/h1-3,9,12,15-17H,4-7H2. The van der Waals surface area contributed by atoms with E-state index >= 15 is 0 Å². The van der Waals surface area contributed by atoms with Crippen molar-refractivity contribution in [3.63, 3.8) is 0 Å². The Bertz CT molecular complexity index is 369. The lowest BCUT2D eigenvalue weighted by Gasteiger charge is -2.14. The molecular formula is C12H16ClFN2O. The number of benzene rings is 1. The van der Waals surface area contributed by atoms with Gasteiger partial charge in [-0.25, -0.2) is 4.39 Å². The Hall–Kier alpha value is -0.680. The predicted octanol–water partition coefficient (Wildman–Crippen LogP) is 1.15. The Kier molecular flexibility index (Phi) is 4.34. The quantitative estimate of drug-likeness (QED) is 0.759. The highest BCUT2D eigenvalue weighted by atomic mass is 35.5. The SMILES string of the molecule is OC1CNCC1CNCc1cc(F)cc(Cl)c1. The van der Waals surface area contributed by atoms with Gasteiger partial charge in [-0.15, -0.1) is 0 Å². The predicted molar refractivity (Wildman–Crippen MR) is 65.5 cm³/mol. The van der Waals surface area contributed by atoms with E-state index < -0.39 is 0 Å². The summed E-state index contributed by atoms with van der Waals surface area (Å²) in [5.74, 6) is -0.101. The summed E-state index contributed by atoms with van der Waals surface area (Å²) in [6.07, 6.45) is -0.293. The van der Waals surface area contributed by atoms with E-state index in [9.17, 15) is 9.50 Å². The Morgan fingerprint density at radius 1 is 1.41 bits per heavy atom. The maximum atomic E-state index is 13.1. The van der Waals surface area contributed by atoms with Gasteiger partial charge in [0.1, 0.15) is 5.82 Å². The van der Waals surface area contributed by atoms with E-state index in [0.717, 1.165) is 12.1 Å². The lowest BCUT2D eigenvalue weighted by molar-refractivity contribution is 0.146. The zero-order valence-electron chi connectivity index (χ0n) is 9.42. The van der Waals surface area contributed by atoms with Crippen LogP contribution >= 0.6 is 11.6 Å². The molecule has 1 aliphatic heterocycles. The number of aliphatic hydroxyl groups is 1. The topological polar surface area (TPSA) is 44.3 Å². The molecule has 0 aromatic heterocycles. The number of aliphatic hydroxyl groups excluding tert-OH is 1. The molecule has 2 unspecified atom stereocenters. The zero-order chi connectivity index (χ0) is 12.3. The van der Waals surface area contributed by atoms with Crippen molar-refractivity contribution >= 4 is 11.6 Å². The summed E-state index contributed by atoms with van der Waals surface area (Å²) in [5, 5.41) is 16.3. The Morgan fingerprint density at radius 2 is 2.24 bits per heavy atom. The van der Waals surface area contributed by atoms with Gasteiger partial charge >= 0.3 is 0 Å². The summed E-state index contributed by atoms with van der Waals surface area (Å²) >= 11 is 5.76. The summed E-state index contributed by atoms with van der Waals surface area (Å²) in [6, 6.07) is 4.48. The molecule has 3 N–H and O–H groups in total. The molecule has 1 heterocycles. The molecule has 1 aliphatic rings. The fourth-order valence-electron chi connectivity index (χ4n) is 2.04. The summed E-state index contributed by atoms with van der Waals surface area (Å²) < 4.78 is 13.1. The first-order chi connectivity index (χ1) is 8.15. The second-order valence-corrected chi connectivity index (χ2v) is 4.83. The highest BCUT2D eigenvalue weighted by molar-refractivity contribution is 6.30. The van der Waals surface area contributed by atoms with Gasteiger partial charge in [-0.1, -0.05) is 11.6 Å². The van der Waals surface area contributed by atoms with Crippen LogP contribution in [0.3, 0.4) is 0 Å². The molecule has 3 nitrogen and oxygen atoms in total. The molecule has 2 rings (SSSR count). The lowest BCUT2D eigenvalue weighted by atomic mass is 10.1. The maximum Gasteiger partial charge on any atom is 0.125 e. The monoisotopic (exact) mass is 258 g/mol. The minimum Gasteiger partial charge on any atom is -0.391 e. The highest BCUT2D eigenvalue weighted by Crippen LogP contribution is 2.14. The van der Waals surface area contributed by atoms with Crippen LogP contribution in [0.5, 0.6) is 0 Å². The molecule has 1 aromatic rings. The zero-order valence-corrected chi connectivity index (χ0v) is 10.2. The average Bonchev–Trinajstić information content (AvgIpc) is 2.63. The van der Waals surface area contributed by atoms with E-state index in [1.807, 2.05) is 0 Å². The summed E-state index contributed by atoms with van der Waals surface area (Å²) in [7, 11) is 0. The second-order valence-electron chi connectivity index (χ2n) is 4.39. The summed E-state index contributed by atoms with van der Waals surface area (Å²) in [5.41, 5.74) is 0.815. The van der Waals surface area contributed by atoms with Crippen LogP contribution in [-0.4, -0.2) is 30.8 Å². The number of β-amino-alcohol motifs (C(OH)–C–C–N with tert-alkyl or cyclic N) is 1. The lowest BCUT2D eigenvalue weighted by Crippen LogP contribution is -2.30. The molecule has 94 valence electrons. The van der Waals surface area contributed by atoms with Gasteiger partial charge in [0.25, 0.3) is 0 Å². The molecule has 1 fully saturated rings. The smallest absolute Gasteiger partial charge is 0.125 e. The van der Waals surface area contributed by atoms with Crippen LogP contribution in [0.25, 0.3) is 0 Å². The van der Waals surface area contributed by atoms with Crippen LogP contribution < -0.4 is 10.6 Å². The van der Waals surface area contributed by atoms with E-state index in [2.05, 4.69) is 10.6 Å². The number of hydrogen-bond donors (Lipinski definition) is 3. The second kappa shape index (κ2) is 5.78. The third kappa shape index (κ3) is 3.64. The maximum absolute atomic E-state index is 13.1. The van der Waals surface area contributed by atoms with Crippen molar-refractivity contribution < 1.29 is 9.50 Å². The molecule has 0 aliphatic carbocycles. The molecule has 0 saturated carbocycles. The minimum absolute atomic E-state index is 0.221. The van der Waals surface area contributed by atoms with Gasteiger partial charge in [0.05, 0.1) is 6.10 Å². The van der Waals surface area contributed by atoms with Gasteiger partial charge in [0.15, 0.2) is 0 Å². The third-order valence-electron chi connectivity index (χ3n) is 2.96. The molecular weight excluding hydrogens is 243 g/mol. The van der Waals surface area contributed by atoms with Crippen molar-refractivity contribution in [2.75, 3.05) is 19.6 Å². The summed E-state index contributed by atoms with van der Waals surface area (Å²) in [4.78, 5) is 0. The number of nitrogens with one attached hydrogen (secondary N) is 2. The van der Waals surface area contributed by atoms with Crippen molar-refractivity contribution in [3.05, 3.63) is 34.6 Å². The van der Waals surface area contributed by atoms with Crippen molar-refractivity contribution in [1.82, 2.24) is 10.6 Å². The fourth-order valence-corrected chi connectivity index (χ4v) is 2.29. The molecule has 17 heavy (non-hydrogen) atoms. The molecule has 1 aromatic carbocycles. The molecule has 1 saturated heterocycles. The molecule has 5 heteroatoms. The first-order valence-electron chi connectivity index (χ1n) is 5.69. The fraction of sp³-hybridized carbons (Fsp3) is 0.500. The minimum atomic E-state index is -0.322. The first kappa shape index (κ1) is 12.8. The van der Waals surface area contributed by atoms with Gasteiger partial charge < -0.3 is 15.7 Å². The van der Waals surface area contributed by atoms with Gasteiger partial charge in [-0.3, -0.25) is 0 Å². The number of hydrogen-bond acceptors (Lipinski definition) is 3. The van der Waals surface area contributed by atoms with E-state index in [1.165, 1.54) is 12.1 Å². The molecule has 0 bridgehead atoms. The van der Waals surface area contributed by atoms with Gasteiger partial charge in [-0.2, -0.15) is 0 Å². The Labute approximate surface area is 105 Å². The van der Waals surface area contributed by atoms with Crippen LogP contribution in [0.2, 0.25) is 5.02 Å². The largest absolute Gasteiger partial charge is 0.391 e. The van der Waals surface area contributed by atoms with Gasteiger partial charge in [-0.05, 0) is 23.8 Å². The summed E-state index contributed by atoms with van der Waals surface area (Å²) in [6.45, 7) is 2.74. The van der Waals surface area contributed by atoms with Crippen LogP contribution in [0.4, 0.5) is 4.39 Å². The van der Waals surface area contributed by atoms with Crippen LogP contribution in [-0.2, 0) is 6.54 Å². The van der Waals surface area contributed by atoms with E-state index in [-0.39, 0.29) is 17.8 Å². The Balaban J connectivity index is 1.81. The van der Waals surface area contributed by atoms with Crippen LogP contribution in [0.1, 0.15) is 5.56 Å². The van der Waals surface area contributed by atoms with E-state index in [1.54, 1.807) is 6.07 Å². The highest BCUT2D eigenvalue weighted by Gasteiger charge is 2.23. The van der Waals surface area contributed by atoms with Crippen molar-refractivity contribution in [2.45, 2.75) is 12.6 Å². The van der Waals surface area contributed by atoms with Crippen molar-refractivity contribution in [2.24, 2.45) is 5.92 Å². The third-order valence-corrected chi connectivity index (χ3v) is 3.18. The number of rotatable bonds is 4.